The zero-order chi connectivity index (χ0) is 9.68. The van der Waals surface area contributed by atoms with Gasteiger partial charge in [-0.15, -0.1) is 0 Å². The Kier molecular flexibility index (Phi) is 4.58. The quantitative estimate of drug-likeness (QED) is 0.564. The van der Waals surface area contributed by atoms with Gasteiger partial charge in [-0.05, 0) is 31.6 Å². The van der Waals surface area contributed by atoms with E-state index in [1.807, 2.05) is 4.90 Å². The number of hydrogen-bond donors (Lipinski definition) is 0. The number of piperidine rings is 1. The summed E-state index contributed by atoms with van der Waals surface area (Å²) in [4.78, 5) is 1.96. The van der Waals surface area contributed by atoms with Crippen molar-refractivity contribution in [3.05, 3.63) is 0 Å². The summed E-state index contributed by atoms with van der Waals surface area (Å²) in [5.41, 5.74) is 0. The van der Waals surface area contributed by atoms with Gasteiger partial charge in [0.25, 0.3) is 0 Å². The van der Waals surface area contributed by atoms with Crippen LogP contribution >= 0.6 is 15.9 Å². The van der Waals surface area contributed by atoms with Crippen molar-refractivity contribution in [3.8, 4) is 6.19 Å². The summed E-state index contributed by atoms with van der Waals surface area (Å²) in [7, 11) is 0. The van der Waals surface area contributed by atoms with Gasteiger partial charge in [-0.1, -0.05) is 22.9 Å². The highest BCUT2D eigenvalue weighted by atomic mass is 79.9. The van der Waals surface area contributed by atoms with Crippen LogP contribution in [0.25, 0.3) is 0 Å². The largest absolute Gasteiger partial charge is 0.308 e. The van der Waals surface area contributed by atoms with Gasteiger partial charge in [0, 0.05) is 17.9 Å². The van der Waals surface area contributed by atoms with Gasteiger partial charge in [0.15, 0.2) is 6.19 Å². The summed E-state index contributed by atoms with van der Waals surface area (Å²) in [5.74, 6) is 0.680. The standard InChI is InChI=1S/C10H17BrN2/c1-9(7-11)6-10-4-2-3-5-13(10)8-12/h9-10H,2-7H2,1H3. The summed E-state index contributed by atoms with van der Waals surface area (Å²) < 4.78 is 0. The molecule has 0 amide bonds. The molecule has 2 nitrogen and oxygen atoms in total. The Bertz CT molecular complexity index is 188. The average molecular weight is 245 g/mol. The lowest BCUT2D eigenvalue weighted by molar-refractivity contribution is 0.198. The Morgan fingerprint density at radius 2 is 2.38 bits per heavy atom. The normalized spacial score (nSPS) is 25.3. The second-order valence-corrected chi connectivity index (χ2v) is 4.59. The Morgan fingerprint density at radius 1 is 1.62 bits per heavy atom. The maximum absolute atomic E-state index is 8.91. The Hall–Kier alpha value is -0.230. The topological polar surface area (TPSA) is 27.0 Å². The van der Waals surface area contributed by atoms with Crippen LogP contribution in [0.15, 0.2) is 0 Å². The zero-order valence-electron chi connectivity index (χ0n) is 8.17. The summed E-state index contributed by atoms with van der Waals surface area (Å²) in [6.07, 6.45) is 7.13. The van der Waals surface area contributed by atoms with E-state index in [2.05, 4.69) is 29.0 Å². The molecule has 1 saturated heterocycles. The Morgan fingerprint density at radius 3 is 3.00 bits per heavy atom. The molecule has 0 aromatic rings. The Balaban J connectivity index is 2.41. The number of nitrogens with zero attached hydrogens (tertiary/aromatic N) is 2. The minimum Gasteiger partial charge on any atom is -0.308 e. The lowest BCUT2D eigenvalue weighted by atomic mass is 9.95. The van der Waals surface area contributed by atoms with Crippen molar-refractivity contribution in [3.63, 3.8) is 0 Å². The minimum atomic E-state index is 0.506. The van der Waals surface area contributed by atoms with Crippen LogP contribution in [0.4, 0.5) is 0 Å². The first-order valence-electron chi connectivity index (χ1n) is 5.00. The molecule has 0 saturated carbocycles. The van der Waals surface area contributed by atoms with Gasteiger partial charge in [-0.2, -0.15) is 5.26 Å². The molecule has 0 aromatic heterocycles. The molecule has 0 aliphatic carbocycles. The SMILES string of the molecule is CC(CBr)CC1CCCCN1C#N. The highest BCUT2D eigenvalue weighted by Crippen LogP contribution is 2.22. The van der Waals surface area contributed by atoms with Crippen molar-refractivity contribution >= 4 is 15.9 Å². The number of nitriles is 1. The number of alkyl halides is 1. The van der Waals surface area contributed by atoms with Gasteiger partial charge in [0.1, 0.15) is 0 Å². The zero-order valence-corrected chi connectivity index (χ0v) is 9.76. The van der Waals surface area contributed by atoms with Crippen LogP contribution < -0.4 is 0 Å². The smallest absolute Gasteiger partial charge is 0.179 e. The van der Waals surface area contributed by atoms with Crippen LogP contribution in [0, 0.1) is 17.4 Å². The van der Waals surface area contributed by atoms with E-state index in [-0.39, 0.29) is 0 Å². The highest BCUT2D eigenvalue weighted by Gasteiger charge is 2.22. The molecule has 0 N–H and O–H groups in total. The van der Waals surface area contributed by atoms with Gasteiger partial charge >= 0.3 is 0 Å². The lowest BCUT2D eigenvalue weighted by Gasteiger charge is -2.32. The van der Waals surface area contributed by atoms with E-state index in [9.17, 15) is 0 Å². The van der Waals surface area contributed by atoms with Crippen molar-refractivity contribution in [2.24, 2.45) is 5.92 Å². The summed E-state index contributed by atoms with van der Waals surface area (Å²) in [6, 6.07) is 0.506. The molecule has 74 valence electrons. The minimum absolute atomic E-state index is 0.506. The monoisotopic (exact) mass is 244 g/mol. The second-order valence-electron chi connectivity index (χ2n) is 3.94. The van der Waals surface area contributed by atoms with Crippen LogP contribution in [0.2, 0.25) is 0 Å². The number of halogens is 1. The fourth-order valence-electron chi connectivity index (χ4n) is 1.90. The lowest BCUT2D eigenvalue weighted by Crippen LogP contribution is -2.37. The van der Waals surface area contributed by atoms with E-state index in [1.54, 1.807) is 0 Å². The third-order valence-electron chi connectivity index (χ3n) is 2.69. The van der Waals surface area contributed by atoms with Crippen molar-refractivity contribution in [2.75, 3.05) is 11.9 Å². The van der Waals surface area contributed by atoms with E-state index in [4.69, 9.17) is 5.26 Å². The van der Waals surface area contributed by atoms with Crippen molar-refractivity contribution < 1.29 is 0 Å². The first-order valence-corrected chi connectivity index (χ1v) is 6.12. The maximum Gasteiger partial charge on any atom is 0.179 e. The summed E-state index contributed by atoms with van der Waals surface area (Å²) in [6.45, 7) is 3.20. The van der Waals surface area contributed by atoms with Crippen LogP contribution in [0.5, 0.6) is 0 Å². The molecule has 0 spiro atoms. The van der Waals surface area contributed by atoms with Gasteiger partial charge in [-0.25, -0.2) is 0 Å². The van der Waals surface area contributed by atoms with Crippen LogP contribution in [0.3, 0.4) is 0 Å². The second kappa shape index (κ2) is 5.49. The highest BCUT2D eigenvalue weighted by molar-refractivity contribution is 9.09. The third-order valence-corrected chi connectivity index (χ3v) is 3.80. The molecular weight excluding hydrogens is 228 g/mol. The number of rotatable bonds is 3. The van der Waals surface area contributed by atoms with E-state index < -0.39 is 0 Å². The van der Waals surface area contributed by atoms with E-state index >= 15 is 0 Å². The van der Waals surface area contributed by atoms with Crippen molar-refractivity contribution in [1.82, 2.24) is 4.90 Å². The molecule has 1 aliphatic heterocycles. The Labute approximate surface area is 89.0 Å². The number of hydrogen-bond acceptors (Lipinski definition) is 2. The van der Waals surface area contributed by atoms with Crippen LogP contribution in [0.1, 0.15) is 32.6 Å². The molecule has 1 fully saturated rings. The molecule has 2 atom stereocenters. The van der Waals surface area contributed by atoms with E-state index in [0.717, 1.165) is 18.3 Å². The van der Waals surface area contributed by atoms with Crippen molar-refractivity contribution in [1.29, 1.82) is 5.26 Å². The average Bonchev–Trinajstić information content (AvgIpc) is 2.18. The first-order chi connectivity index (χ1) is 6.27. The van der Waals surface area contributed by atoms with Crippen LogP contribution in [-0.2, 0) is 0 Å². The molecule has 0 bridgehead atoms. The fraction of sp³-hybridized carbons (Fsp3) is 0.900. The first kappa shape index (κ1) is 10.8. The van der Waals surface area contributed by atoms with Gasteiger partial charge in [0.2, 0.25) is 0 Å². The predicted molar refractivity (Wildman–Crippen MR) is 57.5 cm³/mol. The van der Waals surface area contributed by atoms with Crippen molar-refractivity contribution in [2.45, 2.75) is 38.6 Å². The van der Waals surface area contributed by atoms with E-state index in [1.165, 1.54) is 19.3 Å². The molecule has 2 unspecified atom stereocenters. The molecule has 13 heavy (non-hydrogen) atoms. The van der Waals surface area contributed by atoms with Gasteiger partial charge in [0.05, 0.1) is 0 Å². The molecule has 1 heterocycles. The van der Waals surface area contributed by atoms with Gasteiger partial charge in [-0.3, -0.25) is 0 Å². The molecule has 0 aromatic carbocycles. The van der Waals surface area contributed by atoms with E-state index in [0.29, 0.717) is 12.0 Å². The third kappa shape index (κ3) is 3.19. The predicted octanol–water partition coefficient (Wildman–Crippen LogP) is 2.74. The summed E-state index contributed by atoms with van der Waals surface area (Å²) in [5, 5.41) is 9.96. The molecular formula is C10H17BrN2. The fourth-order valence-corrected chi connectivity index (χ4v) is 2.17. The molecule has 1 rings (SSSR count). The molecule has 0 radical (unpaired) electrons. The van der Waals surface area contributed by atoms with Crippen LogP contribution in [-0.4, -0.2) is 22.8 Å². The maximum atomic E-state index is 8.91. The van der Waals surface area contributed by atoms with Gasteiger partial charge < -0.3 is 4.90 Å². The molecule has 1 aliphatic rings. The molecule has 3 heteroatoms. The summed E-state index contributed by atoms with van der Waals surface area (Å²) >= 11 is 3.48. The number of likely N-dealkylation sites (tertiary alicyclic amines) is 1.